The number of amides is 1. The topological polar surface area (TPSA) is 61.0 Å². The van der Waals surface area contributed by atoms with Crippen LogP contribution >= 0.6 is 0 Å². The summed E-state index contributed by atoms with van der Waals surface area (Å²) in [5.74, 6) is 0.0451. The van der Waals surface area contributed by atoms with Gasteiger partial charge in [-0.3, -0.25) is 4.79 Å². The van der Waals surface area contributed by atoms with Crippen LogP contribution in [0.1, 0.15) is 23.8 Å². The third kappa shape index (κ3) is 2.02. The van der Waals surface area contributed by atoms with E-state index < -0.39 is 0 Å². The lowest BCUT2D eigenvalue weighted by atomic mass is 10.2. The summed E-state index contributed by atoms with van der Waals surface area (Å²) in [6.07, 6.45) is 4.15. The van der Waals surface area contributed by atoms with Crippen LogP contribution in [0.2, 0.25) is 0 Å². The van der Waals surface area contributed by atoms with Gasteiger partial charge in [-0.25, -0.2) is 4.98 Å². The molecule has 0 bridgehead atoms. The summed E-state index contributed by atoms with van der Waals surface area (Å²) in [7, 11) is 0. The zero-order valence-electron chi connectivity index (χ0n) is 8.86. The van der Waals surface area contributed by atoms with Crippen LogP contribution in [0.5, 0.6) is 0 Å². The summed E-state index contributed by atoms with van der Waals surface area (Å²) in [6.45, 7) is 4.64. The summed E-state index contributed by atoms with van der Waals surface area (Å²) in [6, 6.07) is 0.325. The minimum absolute atomic E-state index is 0.0451. The number of nitrogens with one attached hydrogen (secondary N) is 2. The number of rotatable bonds is 3. The fraction of sp³-hybridized carbons (Fsp3) is 0.600. The predicted octanol–water partition coefficient (Wildman–Crippen LogP) is 0.234. The maximum absolute atomic E-state index is 12.1. The smallest absolute Gasteiger partial charge is 0.272 e. The molecule has 1 aliphatic heterocycles. The number of aromatic amines is 1. The van der Waals surface area contributed by atoms with Gasteiger partial charge in [0.15, 0.2) is 0 Å². The normalized spacial score (nSPS) is 20.5. The first-order valence-electron chi connectivity index (χ1n) is 5.33. The van der Waals surface area contributed by atoms with Gasteiger partial charge in [0.2, 0.25) is 0 Å². The second kappa shape index (κ2) is 4.44. The van der Waals surface area contributed by atoms with E-state index in [1.807, 2.05) is 11.8 Å². The van der Waals surface area contributed by atoms with Gasteiger partial charge in [0, 0.05) is 19.1 Å². The molecule has 0 aromatic carbocycles. The highest BCUT2D eigenvalue weighted by atomic mass is 16.2. The Labute approximate surface area is 88.9 Å². The number of imidazole rings is 1. The number of hydrogen-bond donors (Lipinski definition) is 2. The van der Waals surface area contributed by atoms with Crippen molar-refractivity contribution < 1.29 is 4.79 Å². The van der Waals surface area contributed by atoms with Crippen LogP contribution in [-0.2, 0) is 0 Å². The first-order chi connectivity index (χ1) is 7.33. The molecule has 1 aromatic heterocycles. The number of aromatic nitrogens is 2. The van der Waals surface area contributed by atoms with Crippen molar-refractivity contribution in [3.63, 3.8) is 0 Å². The molecule has 1 aliphatic rings. The molecule has 1 aromatic rings. The second-order valence-corrected chi connectivity index (χ2v) is 3.70. The fourth-order valence-electron chi connectivity index (χ4n) is 2.00. The lowest BCUT2D eigenvalue weighted by Crippen LogP contribution is -2.41. The molecule has 5 nitrogen and oxygen atoms in total. The monoisotopic (exact) mass is 208 g/mol. The Kier molecular flexibility index (Phi) is 3.01. The molecule has 0 aliphatic carbocycles. The first-order valence-corrected chi connectivity index (χ1v) is 5.33. The Hall–Kier alpha value is -1.36. The Balaban J connectivity index is 2.09. The molecule has 1 amide bonds. The van der Waals surface area contributed by atoms with Gasteiger partial charge in [-0.05, 0) is 19.9 Å². The highest BCUT2D eigenvalue weighted by Gasteiger charge is 2.26. The average molecular weight is 208 g/mol. The molecule has 15 heavy (non-hydrogen) atoms. The average Bonchev–Trinajstić information content (AvgIpc) is 2.91. The molecule has 0 saturated carbocycles. The zero-order chi connectivity index (χ0) is 10.7. The van der Waals surface area contributed by atoms with Crippen molar-refractivity contribution in [3.05, 3.63) is 18.2 Å². The summed E-state index contributed by atoms with van der Waals surface area (Å²) in [4.78, 5) is 20.7. The molecule has 0 spiro atoms. The zero-order valence-corrected chi connectivity index (χ0v) is 8.86. The minimum atomic E-state index is 0.0451. The van der Waals surface area contributed by atoms with Gasteiger partial charge in [0.05, 0.1) is 12.5 Å². The summed E-state index contributed by atoms with van der Waals surface area (Å²) in [5, 5.41) is 3.27. The highest BCUT2D eigenvalue weighted by Crippen LogP contribution is 2.11. The summed E-state index contributed by atoms with van der Waals surface area (Å²) in [5.41, 5.74) is 0.573. The van der Waals surface area contributed by atoms with E-state index in [0.29, 0.717) is 11.7 Å². The van der Waals surface area contributed by atoms with E-state index in [-0.39, 0.29) is 5.91 Å². The molecule has 5 heteroatoms. The van der Waals surface area contributed by atoms with Gasteiger partial charge in [0.1, 0.15) is 5.69 Å². The van der Waals surface area contributed by atoms with Crippen LogP contribution in [-0.4, -0.2) is 46.5 Å². The van der Waals surface area contributed by atoms with Crippen LogP contribution in [0.3, 0.4) is 0 Å². The van der Waals surface area contributed by atoms with Crippen LogP contribution in [0, 0.1) is 0 Å². The molecular formula is C10H16N4O. The van der Waals surface area contributed by atoms with Crippen LogP contribution in [0.4, 0.5) is 0 Å². The molecule has 2 rings (SSSR count). The molecule has 1 saturated heterocycles. The minimum Gasteiger partial charge on any atom is -0.341 e. The Morgan fingerprint density at radius 3 is 3.13 bits per heavy atom. The standard InChI is InChI=1S/C10H16N4O/c1-2-14(8-3-4-11-5-8)10(15)9-6-12-7-13-9/h6-8,11H,2-5H2,1H3,(H,12,13). The lowest BCUT2D eigenvalue weighted by Gasteiger charge is -2.26. The van der Waals surface area contributed by atoms with Crippen LogP contribution < -0.4 is 5.32 Å². The van der Waals surface area contributed by atoms with Crippen molar-refractivity contribution in [3.8, 4) is 0 Å². The Morgan fingerprint density at radius 1 is 1.73 bits per heavy atom. The molecule has 1 fully saturated rings. The first kappa shape index (κ1) is 10.2. The van der Waals surface area contributed by atoms with Gasteiger partial charge in [0.25, 0.3) is 5.91 Å². The van der Waals surface area contributed by atoms with E-state index in [0.717, 1.165) is 26.1 Å². The predicted molar refractivity (Wildman–Crippen MR) is 56.6 cm³/mol. The van der Waals surface area contributed by atoms with Gasteiger partial charge in [-0.1, -0.05) is 0 Å². The molecule has 2 N–H and O–H groups in total. The molecule has 0 radical (unpaired) electrons. The third-order valence-electron chi connectivity index (χ3n) is 2.81. The van der Waals surface area contributed by atoms with Crippen molar-refractivity contribution >= 4 is 5.91 Å². The van der Waals surface area contributed by atoms with Gasteiger partial charge >= 0.3 is 0 Å². The summed E-state index contributed by atoms with van der Waals surface area (Å²) < 4.78 is 0. The number of carbonyl (C=O) groups is 1. The van der Waals surface area contributed by atoms with E-state index in [9.17, 15) is 4.79 Å². The van der Waals surface area contributed by atoms with E-state index in [1.54, 1.807) is 6.20 Å². The maximum atomic E-state index is 12.1. The number of hydrogen-bond acceptors (Lipinski definition) is 3. The fourth-order valence-corrected chi connectivity index (χ4v) is 2.00. The van der Waals surface area contributed by atoms with Crippen molar-refractivity contribution in [2.24, 2.45) is 0 Å². The van der Waals surface area contributed by atoms with E-state index in [1.165, 1.54) is 6.33 Å². The van der Waals surface area contributed by atoms with E-state index in [4.69, 9.17) is 0 Å². The van der Waals surface area contributed by atoms with Gasteiger partial charge in [-0.2, -0.15) is 0 Å². The van der Waals surface area contributed by atoms with E-state index >= 15 is 0 Å². The number of H-pyrrole nitrogens is 1. The second-order valence-electron chi connectivity index (χ2n) is 3.70. The van der Waals surface area contributed by atoms with Crippen LogP contribution in [0.25, 0.3) is 0 Å². The molecule has 82 valence electrons. The van der Waals surface area contributed by atoms with Crippen molar-refractivity contribution in [2.45, 2.75) is 19.4 Å². The largest absolute Gasteiger partial charge is 0.341 e. The Bertz CT molecular complexity index is 316. The highest BCUT2D eigenvalue weighted by molar-refractivity contribution is 5.92. The third-order valence-corrected chi connectivity index (χ3v) is 2.81. The molecule has 1 atom stereocenters. The van der Waals surface area contributed by atoms with Crippen LogP contribution in [0.15, 0.2) is 12.5 Å². The summed E-state index contributed by atoms with van der Waals surface area (Å²) >= 11 is 0. The molecule has 1 unspecified atom stereocenters. The van der Waals surface area contributed by atoms with Crippen molar-refractivity contribution in [1.82, 2.24) is 20.2 Å². The lowest BCUT2D eigenvalue weighted by molar-refractivity contribution is 0.0698. The van der Waals surface area contributed by atoms with Crippen molar-refractivity contribution in [2.75, 3.05) is 19.6 Å². The van der Waals surface area contributed by atoms with Crippen molar-refractivity contribution in [1.29, 1.82) is 0 Å². The number of nitrogens with zero attached hydrogens (tertiary/aromatic N) is 2. The molecular weight excluding hydrogens is 192 g/mol. The maximum Gasteiger partial charge on any atom is 0.272 e. The van der Waals surface area contributed by atoms with E-state index in [2.05, 4.69) is 15.3 Å². The SMILES string of the molecule is CCN(C(=O)c1cnc[nH]1)C1CCNC1. The number of likely N-dealkylation sites (N-methyl/N-ethyl adjacent to an activating group) is 1. The van der Waals surface area contributed by atoms with Gasteiger partial charge in [-0.15, -0.1) is 0 Å². The van der Waals surface area contributed by atoms with Gasteiger partial charge < -0.3 is 15.2 Å². The Morgan fingerprint density at radius 2 is 2.60 bits per heavy atom. The molecule has 2 heterocycles. The number of carbonyl (C=O) groups excluding carboxylic acids is 1. The quantitative estimate of drug-likeness (QED) is 0.747.